The van der Waals surface area contributed by atoms with Gasteiger partial charge in [0.15, 0.2) is 17.3 Å². The number of allylic oxidation sites excluding steroid dienone is 1. The second-order valence-corrected chi connectivity index (χ2v) is 4.99. The molecule has 0 aromatic heterocycles. The molecule has 1 aliphatic rings. The maximum absolute atomic E-state index is 12.2. The molecule has 0 saturated carbocycles. The van der Waals surface area contributed by atoms with E-state index in [-0.39, 0.29) is 35.0 Å². The number of hydrogen-bond acceptors (Lipinski definition) is 7. The summed E-state index contributed by atoms with van der Waals surface area (Å²) in [7, 11) is 0. The molecule has 126 valence electrons. The van der Waals surface area contributed by atoms with Gasteiger partial charge in [-0.15, -0.1) is 0 Å². The van der Waals surface area contributed by atoms with Gasteiger partial charge in [-0.2, -0.15) is 0 Å². The van der Waals surface area contributed by atoms with Crippen LogP contribution in [0.25, 0.3) is 6.08 Å². The van der Waals surface area contributed by atoms with E-state index in [1.54, 1.807) is 0 Å². The maximum atomic E-state index is 12.2. The van der Waals surface area contributed by atoms with Crippen molar-refractivity contribution in [2.45, 2.75) is 0 Å². The molecule has 0 bridgehead atoms. The summed E-state index contributed by atoms with van der Waals surface area (Å²) in [6, 6.07) is 8.06. The highest BCUT2D eigenvalue weighted by molar-refractivity contribution is 6.09. The van der Waals surface area contributed by atoms with Gasteiger partial charge in [0.05, 0.1) is 27.0 Å². The van der Waals surface area contributed by atoms with Gasteiger partial charge in [-0.3, -0.25) is 25.0 Å². The molecule has 1 aliphatic heterocycles. The lowest BCUT2D eigenvalue weighted by molar-refractivity contribution is -0.385. The largest absolute Gasteiger partial charge is 0.454 e. The average Bonchev–Trinajstić information content (AvgIpc) is 3.06. The van der Waals surface area contributed by atoms with Gasteiger partial charge in [0.25, 0.3) is 11.4 Å². The molecule has 0 amide bonds. The summed E-state index contributed by atoms with van der Waals surface area (Å²) in [4.78, 5) is 33.1. The number of ether oxygens (including phenoxy) is 2. The molecule has 0 radical (unpaired) electrons. The highest BCUT2D eigenvalue weighted by Gasteiger charge is 2.23. The fourth-order valence-electron chi connectivity index (χ4n) is 2.34. The Balaban J connectivity index is 1.96. The number of benzene rings is 2. The Morgan fingerprint density at radius 3 is 2.32 bits per heavy atom. The van der Waals surface area contributed by atoms with E-state index in [1.807, 2.05) is 0 Å². The van der Waals surface area contributed by atoms with Crippen LogP contribution >= 0.6 is 0 Å². The molecule has 0 aliphatic carbocycles. The zero-order valence-electron chi connectivity index (χ0n) is 12.6. The minimum atomic E-state index is -0.663. The summed E-state index contributed by atoms with van der Waals surface area (Å²) in [6.45, 7) is -0.0468. The zero-order valence-corrected chi connectivity index (χ0v) is 12.6. The van der Waals surface area contributed by atoms with Crippen LogP contribution in [0.4, 0.5) is 11.4 Å². The first kappa shape index (κ1) is 16.1. The van der Waals surface area contributed by atoms with E-state index in [0.29, 0.717) is 5.75 Å². The normalized spacial score (nSPS) is 12.3. The Morgan fingerprint density at radius 1 is 1.00 bits per heavy atom. The minimum absolute atomic E-state index is 0.0468. The molecule has 9 nitrogen and oxygen atoms in total. The van der Waals surface area contributed by atoms with Crippen molar-refractivity contribution in [2.75, 3.05) is 6.79 Å². The average molecular weight is 342 g/mol. The lowest BCUT2D eigenvalue weighted by Crippen LogP contribution is -2.01. The Morgan fingerprint density at radius 2 is 1.64 bits per heavy atom. The van der Waals surface area contributed by atoms with Crippen molar-refractivity contribution >= 4 is 23.2 Å². The monoisotopic (exact) mass is 342 g/mol. The lowest BCUT2D eigenvalue weighted by Gasteiger charge is -2.01. The van der Waals surface area contributed by atoms with Gasteiger partial charge in [0.1, 0.15) is 0 Å². The second-order valence-electron chi connectivity index (χ2n) is 4.99. The zero-order chi connectivity index (χ0) is 18.0. The summed E-state index contributed by atoms with van der Waals surface area (Å²) < 4.78 is 10.3. The van der Waals surface area contributed by atoms with Crippen molar-refractivity contribution in [3.63, 3.8) is 0 Å². The number of carbonyl (C=O) groups is 1. The lowest BCUT2D eigenvalue weighted by atomic mass is 10.1. The highest BCUT2D eigenvalue weighted by atomic mass is 16.7. The Bertz CT molecular complexity index is 921. The molecule has 0 spiro atoms. The van der Waals surface area contributed by atoms with E-state index in [0.717, 1.165) is 6.08 Å². The highest BCUT2D eigenvalue weighted by Crippen LogP contribution is 2.38. The van der Waals surface area contributed by atoms with E-state index in [9.17, 15) is 25.0 Å². The standard InChI is InChI=1S/C16H10N2O7/c19-14(11-3-1-2-4-12(11)17(20)21)6-5-10-7-15-16(25-9-24-15)8-13(10)18(22)23/h1-8H,9H2/b6-5+. The molecule has 9 heteroatoms. The van der Waals surface area contributed by atoms with Crippen molar-refractivity contribution in [2.24, 2.45) is 0 Å². The van der Waals surface area contributed by atoms with Gasteiger partial charge in [0.2, 0.25) is 6.79 Å². The molecule has 2 aromatic carbocycles. The van der Waals surface area contributed by atoms with E-state index in [2.05, 4.69) is 0 Å². The number of rotatable bonds is 5. The molecular formula is C16H10N2O7. The second kappa shape index (κ2) is 6.40. The van der Waals surface area contributed by atoms with Gasteiger partial charge in [0, 0.05) is 6.07 Å². The van der Waals surface area contributed by atoms with Crippen LogP contribution in [0.5, 0.6) is 11.5 Å². The molecular weight excluding hydrogens is 332 g/mol. The van der Waals surface area contributed by atoms with Crippen LogP contribution in [0.2, 0.25) is 0 Å². The number of fused-ring (bicyclic) bond motifs is 1. The maximum Gasteiger partial charge on any atom is 0.280 e. The molecule has 0 unspecified atom stereocenters. The van der Waals surface area contributed by atoms with E-state index in [1.165, 1.54) is 42.5 Å². The van der Waals surface area contributed by atoms with Crippen molar-refractivity contribution < 1.29 is 24.1 Å². The molecule has 0 fully saturated rings. The fourth-order valence-corrected chi connectivity index (χ4v) is 2.34. The van der Waals surface area contributed by atoms with Gasteiger partial charge in [-0.25, -0.2) is 0 Å². The van der Waals surface area contributed by atoms with Crippen LogP contribution < -0.4 is 9.47 Å². The number of nitro groups is 2. The van der Waals surface area contributed by atoms with Gasteiger partial charge in [-0.1, -0.05) is 12.1 Å². The third-order valence-corrected chi connectivity index (χ3v) is 3.50. The fraction of sp³-hybridized carbons (Fsp3) is 0.0625. The van der Waals surface area contributed by atoms with Crippen LogP contribution in [-0.4, -0.2) is 22.4 Å². The van der Waals surface area contributed by atoms with Crippen molar-refractivity contribution in [1.82, 2.24) is 0 Å². The van der Waals surface area contributed by atoms with E-state index < -0.39 is 15.6 Å². The molecule has 1 heterocycles. The molecule has 0 N–H and O–H groups in total. The van der Waals surface area contributed by atoms with E-state index >= 15 is 0 Å². The van der Waals surface area contributed by atoms with E-state index in [4.69, 9.17) is 9.47 Å². The number of nitrogens with zero attached hydrogens (tertiary/aromatic N) is 2. The Hall–Kier alpha value is -3.75. The van der Waals surface area contributed by atoms with Crippen LogP contribution in [0.3, 0.4) is 0 Å². The first-order valence-corrected chi connectivity index (χ1v) is 7.01. The number of ketones is 1. The summed E-state index contributed by atoms with van der Waals surface area (Å²) in [5.41, 5.74) is -0.582. The van der Waals surface area contributed by atoms with Crippen LogP contribution in [0.15, 0.2) is 42.5 Å². The van der Waals surface area contributed by atoms with Crippen molar-refractivity contribution in [3.05, 3.63) is 73.8 Å². The quantitative estimate of drug-likeness (QED) is 0.354. The third kappa shape index (κ3) is 3.15. The SMILES string of the molecule is O=C(/C=C/c1cc2c(cc1[N+](=O)[O-])OCO2)c1ccccc1[N+](=O)[O-]. The van der Waals surface area contributed by atoms with Crippen LogP contribution in [0.1, 0.15) is 15.9 Å². The third-order valence-electron chi connectivity index (χ3n) is 3.50. The topological polar surface area (TPSA) is 122 Å². The van der Waals surface area contributed by atoms with Crippen molar-refractivity contribution in [3.8, 4) is 11.5 Å². The predicted molar refractivity (Wildman–Crippen MR) is 85.7 cm³/mol. The van der Waals surface area contributed by atoms with Gasteiger partial charge >= 0.3 is 0 Å². The number of nitro benzene ring substituents is 2. The van der Waals surface area contributed by atoms with Crippen LogP contribution in [-0.2, 0) is 0 Å². The first-order chi connectivity index (χ1) is 12.0. The first-order valence-electron chi connectivity index (χ1n) is 7.01. The van der Waals surface area contributed by atoms with Crippen LogP contribution in [0, 0.1) is 20.2 Å². The van der Waals surface area contributed by atoms with Crippen molar-refractivity contribution in [1.29, 1.82) is 0 Å². The minimum Gasteiger partial charge on any atom is -0.454 e. The Labute approximate surface area is 140 Å². The number of hydrogen-bond donors (Lipinski definition) is 0. The summed E-state index contributed by atoms with van der Waals surface area (Å²) >= 11 is 0. The molecule has 3 rings (SSSR count). The van der Waals surface area contributed by atoms with Gasteiger partial charge in [-0.05, 0) is 24.3 Å². The Kier molecular flexibility index (Phi) is 4.12. The smallest absolute Gasteiger partial charge is 0.280 e. The molecule has 0 saturated heterocycles. The number of para-hydroxylation sites is 1. The van der Waals surface area contributed by atoms with Gasteiger partial charge < -0.3 is 9.47 Å². The molecule has 2 aromatic rings. The number of carbonyl (C=O) groups excluding carboxylic acids is 1. The summed E-state index contributed by atoms with van der Waals surface area (Å²) in [5.74, 6) is -0.0727. The molecule has 25 heavy (non-hydrogen) atoms. The summed E-state index contributed by atoms with van der Waals surface area (Å²) in [5, 5.41) is 22.2. The molecule has 0 atom stereocenters. The predicted octanol–water partition coefficient (Wildman–Crippen LogP) is 3.13. The summed E-state index contributed by atoms with van der Waals surface area (Å²) in [6.07, 6.45) is 2.27.